The lowest BCUT2D eigenvalue weighted by Gasteiger charge is -2.07. The number of nitrogens with zero attached hydrogens (tertiary/aromatic N) is 2. The second-order valence-corrected chi connectivity index (χ2v) is 7.30. The Morgan fingerprint density at radius 3 is 2.16 bits per heavy atom. The molecule has 1 amide bonds. The zero-order chi connectivity index (χ0) is 21.8. The van der Waals surface area contributed by atoms with Gasteiger partial charge in [0.15, 0.2) is 0 Å². The van der Waals surface area contributed by atoms with Crippen molar-refractivity contribution in [2.75, 3.05) is 0 Å². The highest BCUT2D eigenvalue weighted by Gasteiger charge is 2.20. The van der Waals surface area contributed by atoms with Gasteiger partial charge in [0, 0.05) is 21.8 Å². The Hall–Kier alpha value is -3.90. The molecule has 0 aliphatic rings. The van der Waals surface area contributed by atoms with Crippen LogP contribution in [0.3, 0.4) is 0 Å². The molecule has 0 saturated heterocycles. The number of hydrazone groups is 1. The summed E-state index contributed by atoms with van der Waals surface area (Å²) in [6.07, 6.45) is 0. The van der Waals surface area contributed by atoms with E-state index < -0.39 is 5.91 Å². The van der Waals surface area contributed by atoms with E-state index in [1.165, 1.54) is 4.68 Å². The molecule has 0 aliphatic heterocycles. The van der Waals surface area contributed by atoms with E-state index in [0.29, 0.717) is 38.8 Å². The summed E-state index contributed by atoms with van der Waals surface area (Å²) >= 11 is 5.89. The number of aromatic nitrogens is 2. The van der Waals surface area contributed by atoms with Gasteiger partial charge in [0.05, 0.1) is 11.3 Å². The quantitative estimate of drug-likeness (QED) is 0.365. The summed E-state index contributed by atoms with van der Waals surface area (Å²) in [5.41, 5.74) is 5.52. The third-order valence-electron chi connectivity index (χ3n) is 4.75. The van der Waals surface area contributed by atoms with Gasteiger partial charge in [-0.15, -0.1) is 0 Å². The Bertz CT molecular complexity index is 1290. The highest BCUT2D eigenvalue weighted by molar-refractivity contribution is 6.30. The minimum atomic E-state index is -0.401. The van der Waals surface area contributed by atoms with Crippen LogP contribution in [0.15, 0.2) is 94.8 Å². The number of amides is 1. The first-order valence-corrected chi connectivity index (χ1v) is 9.99. The van der Waals surface area contributed by atoms with Crippen LogP contribution in [0.25, 0.3) is 5.69 Å². The first kappa shape index (κ1) is 20.4. The molecule has 2 N–H and O–H groups in total. The molecule has 4 aromatic rings. The van der Waals surface area contributed by atoms with Gasteiger partial charge in [-0.2, -0.15) is 5.10 Å². The largest absolute Gasteiger partial charge is 0.295 e. The monoisotopic (exact) mass is 430 g/mol. The Kier molecular flexibility index (Phi) is 5.82. The van der Waals surface area contributed by atoms with Crippen molar-refractivity contribution in [2.45, 2.75) is 6.92 Å². The maximum atomic E-state index is 13.3. The number of halogens is 1. The number of carbonyl (C=O) groups excluding carboxylic acids is 1. The number of hydrogen-bond donors (Lipinski definition) is 2. The lowest BCUT2D eigenvalue weighted by Crippen LogP contribution is -2.25. The number of para-hydroxylation sites is 1. The summed E-state index contributed by atoms with van der Waals surface area (Å²) < 4.78 is 1.46. The van der Waals surface area contributed by atoms with Crippen LogP contribution in [0.1, 0.15) is 27.2 Å². The van der Waals surface area contributed by atoms with E-state index in [-0.39, 0.29) is 5.56 Å². The molecule has 0 aliphatic carbocycles. The third-order valence-corrected chi connectivity index (χ3v) is 5.00. The molecule has 154 valence electrons. The number of aromatic amines is 1. The highest BCUT2D eigenvalue weighted by atomic mass is 35.5. The standard InChI is InChI=1S/C24H19ClN4O2/c1-16-21(24(31)29(28-16)20-10-6-3-7-11-20)22(17-8-4-2-5-9-17)26-27-23(30)18-12-14-19(25)15-13-18/h2-15,28H,1H3,(H,27,30)/b26-22+. The Morgan fingerprint density at radius 1 is 0.903 bits per heavy atom. The normalized spacial score (nSPS) is 11.4. The van der Waals surface area contributed by atoms with Crippen molar-refractivity contribution in [3.63, 3.8) is 0 Å². The van der Waals surface area contributed by atoms with Crippen LogP contribution in [0.5, 0.6) is 0 Å². The number of rotatable bonds is 5. The SMILES string of the molecule is Cc1[nH]n(-c2ccccc2)c(=O)c1/C(=N/NC(=O)c1ccc(Cl)cc1)c1ccccc1. The fraction of sp³-hybridized carbons (Fsp3) is 0.0417. The molecule has 0 fully saturated rings. The van der Waals surface area contributed by atoms with Gasteiger partial charge in [0.2, 0.25) is 0 Å². The van der Waals surface area contributed by atoms with Crippen molar-refractivity contribution >= 4 is 23.2 Å². The molecular weight excluding hydrogens is 412 g/mol. The van der Waals surface area contributed by atoms with Gasteiger partial charge in [-0.05, 0) is 43.3 Å². The van der Waals surface area contributed by atoms with Crippen molar-refractivity contribution in [3.05, 3.63) is 123 Å². The Labute approximate surface area is 183 Å². The van der Waals surface area contributed by atoms with E-state index in [0.717, 1.165) is 0 Å². The van der Waals surface area contributed by atoms with E-state index >= 15 is 0 Å². The molecule has 7 heteroatoms. The van der Waals surface area contributed by atoms with Crippen molar-refractivity contribution in [1.29, 1.82) is 0 Å². The predicted molar refractivity (Wildman–Crippen MR) is 122 cm³/mol. The van der Waals surface area contributed by atoms with Crippen LogP contribution in [0, 0.1) is 6.92 Å². The molecule has 31 heavy (non-hydrogen) atoms. The molecule has 0 atom stereocenters. The Balaban J connectivity index is 1.77. The van der Waals surface area contributed by atoms with E-state index in [2.05, 4.69) is 15.6 Å². The number of carbonyl (C=O) groups is 1. The van der Waals surface area contributed by atoms with Crippen LogP contribution in [-0.4, -0.2) is 21.4 Å². The zero-order valence-corrected chi connectivity index (χ0v) is 17.4. The molecule has 1 aromatic heterocycles. The number of nitrogens with one attached hydrogen (secondary N) is 2. The van der Waals surface area contributed by atoms with E-state index in [1.54, 1.807) is 31.2 Å². The molecule has 0 bridgehead atoms. The van der Waals surface area contributed by atoms with Gasteiger partial charge >= 0.3 is 0 Å². The fourth-order valence-electron chi connectivity index (χ4n) is 3.22. The second kappa shape index (κ2) is 8.85. The van der Waals surface area contributed by atoms with Gasteiger partial charge in [0.25, 0.3) is 11.5 Å². The lowest BCUT2D eigenvalue weighted by atomic mass is 10.0. The molecule has 1 heterocycles. The lowest BCUT2D eigenvalue weighted by molar-refractivity contribution is 0.0955. The highest BCUT2D eigenvalue weighted by Crippen LogP contribution is 2.14. The summed E-state index contributed by atoms with van der Waals surface area (Å²) in [5, 5.41) is 7.98. The molecule has 0 saturated carbocycles. The minimum absolute atomic E-state index is 0.257. The van der Waals surface area contributed by atoms with E-state index in [4.69, 9.17) is 11.6 Å². The fourth-order valence-corrected chi connectivity index (χ4v) is 3.34. The van der Waals surface area contributed by atoms with Crippen LogP contribution in [-0.2, 0) is 0 Å². The molecule has 0 radical (unpaired) electrons. The maximum Gasteiger partial charge on any atom is 0.281 e. The zero-order valence-electron chi connectivity index (χ0n) is 16.7. The number of H-pyrrole nitrogens is 1. The number of benzene rings is 3. The molecule has 3 aromatic carbocycles. The van der Waals surface area contributed by atoms with Crippen LogP contribution in [0.2, 0.25) is 5.02 Å². The third kappa shape index (κ3) is 4.34. The number of hydrogen-bond acceptors (Lipinski definition) is 3. The summed E-state index contributed by atoms with van der Waals surface area (Å²) in [6.45, 7) is 1.80. The average molecular weight is 431 g/mol. The average Bonchev–Trinajstić information content (AvgIpc) is 3.10. The van der Waals surface area contributed by atoms with Gasteiger partial charge in [-0.25, -0.2) is 10.1 Å². The first-order valence-electron chi connectivity index (χ1n) is 9.61. The van der Waals surface area contributed by atoms with Crippen molar-refractivity contribution < 1.29 is 4.79 Å². The minimum Gasteiger partial charge on any atom is -0.295 e. The molecule has 4 rings (SSSR count). The second-order valence-electron chi connectivity index (χ2n) is 6.86. The number of aryl methyl sites for hydroxylation is 1. The van der Waals surface area contributed by atoms with Crippen molar-refractivity contribution in [1.82, 2.24) is 15.2 Å². The molecule has 6 nitrogen and oxygen atoms in total. The smallest absolute Gasteiger partial charge is 0.281 e. The molecular formula is C24H19ClN4O2. The van der Waals surface area contributed by atoms with Gasteiger partial charge in [0.1, 0.15) is 5.71 Å². The van der Waals surface area contributed by atoms with E-state index in [9.17, 15) is 9.59 Å². The van der Waals surface area contributed by atoms with Crippen LogP contribution >= 0.6 is 11.6 Å². The maximum absolute atomic E-state index is 13.3. The van der Waals surface area contributed by atoms with Gasteiger partial charge in [-0.3, -0.25) is 14.7 Å². The predicted octanol–water partition coefficient (Wildman–Crippen LogP) is 4.31. The summed E-state index contributed by atoms with van der Waals surface area (Å²) in [6, 6.07) is 25.0. The van der Waals surface area contributed by atoms with Crippen LogP contribution < -0.4 is 11.0 Å². The molecule has 0 spiro atoms. The van der Waals surface area contributed by atoms with Crippen LogP contribution in [0.4, 0.5) is 0 Å². The topological polar surface area (TPSA) is 79.2 Å². The first-order chi connectivity index (χ1) is 15.0. The Morgan fingerprint density at radius 2 is 1.52 bits per heavy atom. The summed E-state index contributed by atoms with van der Waals surface area (Å²) in [5.74, 6) is -0.401. The van der Waals surface area contributed by atoms with E-state index in [1.807, 2.05) is 60.7 Å². The van der Waals surface area contributed by atoms with Gasteiger partial charge in [-0.1, -0.05) is 60.1 Å². The van der Waals surface area contributed by atoms with Crippen molar-refractivity contribution in [2.24, 2.45) is 5.10 Å². The van der Waals surface area contributed by atoms with Crippen molar-refractivity contribution in [3.8, 4) is 5.69 Å². The summed E-state index contributed by atoms with van der Waals surface area (Å²) in [7, 11) is 0. The summed E-state index contributed by atoms with van der Waals surface area (Å²) in [4.78, 5) is 25.8. The molecule has 0 unspecified atom stereocenters. The van der Waals surface area contributed by atoms with Gasteiger partial charge < -0.3 is 0 Å².